The Balaban J connectivity index is 1.86. The van der Waals surface area contributed by atoms with Crippen molar-refractivity contribution in [3.8, 4) is 0 Å². The number of ether oxygens (including phenoxy) is 1. The molecular formula is C11H21NO2. The summed E-state index contributed by atoms with van der Waals surface area (Å²) in [6.45, 7) is 2.65. The first-order valence-electron chi connectivity index (χ1n) is 5.75. The lowest BCUT2D eigenvalue weighted by atomic mass is 9.95. The van der Waals surface area contributed by atoms with E-state index in [1.165, 1.54) is 25.7 Å². The lowest BCUT2D eigenvalue weighted by molar-refractivity contribution is -0.0999. The fourth-order valence-corrected chi connectivity index (χ4v) is 2.62. The van der Waals surface area contributed by atoms with Crippen molar-refractivity contribution in [1.29, 1.82) is 0 Å². The molecule has 1 saturated heterocycles. The van der Waals surface area contributed by atoms with Crippen LogP contribution in [0, 0.1) is 5.92 Å². The monoisotopic (exact) mass is 199 g/mol. The van der Waals surface area contributed by atoms with E-state index in [0.29, 0.717) is 5.92 Å². The van der Waals surface area contributed by atoms with Crippen LogP contribution >= 0.6 is 0 Å². The molecule has 3 nitrogen and oxygen atoms in total. The van der Waals surface area contributed by atoms with Crippen LogP contribution in [0.3, 0.4) is 0 Å². The van der Waals surface area contributed by atoms with E-state index < -0.39 is 0 Å². The first-order valence-corrected chi connectivity index (χ1v) is 5.75. The van der Waals surface area contributed by atoms with E-state index in [4.69, 9.17) is 4.74 Å². The Labute approximate surface area is 86.0 Å². The Bertz CT molecular complexity index is 180. The molecule has 0 spiro atoms. The van der Waals surface area contributed by atoms with E-state index in [1.807, 2.05) is 0 Å². The summed E-state index contributed by atoms with van der Waals surface area (Å²) in [6.07, 6.45) is 4.75. The fraction of sp³-hybridized carbons (Fsp3) is 1.00. The number of nitrogens with zero attached hydrogens (tertiary/aromatic N) is 1. The number of likely N-dealkylation sites (N-methyl/N-ethyl adjacent to an activating group) is 1. The van der Waals surface area contributed by atoms with Crippen molar-refractivity contribution in [1.82, 2.24) is 4.90 Å². The topological polar surface area (TPSA) is 32.7 Å². The first-order chi connectivity index (χ1) is 6.77. The highest BCUT2D eigenvalue weighted by Gasteiger charge is 2.32. The van der Waals surface area contributed by atoms with Gasteiger partial charge in [-0.15, -0.1) is 0 Å². The summed E-state index contributed by atoms with van der Waals surface area (Å²) in [4.78, 5) is 2.24. The molecule has 0 bridgehead atoms. The van der Waals surface area contributed by atoms with Gasteiger partial charge in [-0.2, -0.15) is 0 Å². The summed E-state index contributed by atoms with van der Waals surface area (Å²) in [7, 11) is 2.09. The third-order valence-electron chi connectivity index (χ3n) is 3.56. The van der Waals surface area contributed by atoms with Gasteiger partial charge >= 0.3 is 0 Å². The molecule has 2 rings (SSSR count). The van der Waals surface area contributed by atoms with Crippen molar-refractivity contribution in [2.24, 2.45) is 5.92 Å². The van der Waals surface area contributed by atoms with Crippen molar-refractivity contribution < 1.29 is 9.84 Å². The number of aliphatic hydroxyl groups excluding tert-OH is 1. The Morgan fingerprint density at radius 1 is 1.36 bits per heavy atom. The molecule has 0 amide bonds. The van der Waals surface area contributed by atoms with Crippen molar-refractivity contribution in [3.05, 3.63) is 0 Å². The van der Waals surface area contributed by atoms with Crippen LogP contribution in [0.5, 0.6) is 0 Å². The van der Waals surface area contributed by atoms with Gasteiger partial charge in [-0.3, -0.25) is 0 Å². The second-order valence-electron chi connectivity index (χ2n) is 4.71. The van der Waals surface area contributed by atoms with E-state index in [2.05, 4.69) is 11.9 Å². The number of hydrogen-bond donors (Lipinski definition) is 1. The molecule has 2 fully saturated rings. The maximum atomic E-state index is 10.1. The third-order valence-corrected chi connectivity index (χ3v) is 3.56. The Hall–Kier alpha value is -0.120. The summed E-state index contributed by atoms with van der Waals surface area (Å²) in [5.41, 5.74) is 0. The van der Waals surface area contributed by atoms with Gasteiger partial charge in [-0.1, -0.05) is 12.8 Å². The van der Waals surface area contributed by atoms with Crippen molar-refractivity contribution in [2.45, 2.75) is 37.9 Å². The van der Waals surface area contributed by atoms with Crippen LogP contribution in [0.4, 0.5) is 0 Å². The highest BCUT2D eigenvalue weighted by atomic mass is 16.5. The molecular weight excluding hydrogens is 178 g/mol. The fourth-order valence-electron chi connectivity index (χ4n) is 2.62. The molecule has 1 aliphatic heterocycles. The number of hydrogen-bond acceptors (Lipinski definition) is 3. The molecule has 1 N–H and O–H groups in total. The normalized spacial score (nSPS) is 33.4. The van der Waals surface area contributed by atoms with Crippen molar-refractivity contribution in [3.63, 3.8) is 0 Å². The average Bonchev–Trinajstić information content (AvgIpc) is 2.69. The molecule has 3 heteroatoms. The molecule has 0 aromatic heterocycles. The van der Waals surface area contributed by atoms with Gasteiger partial charge in [0.05, 0.1) is 18.8 Å². The summed E-state index contributed by atoms with van der Waals surface area (Å²) >= 11 is 0. The van der Waals surface area contributed by atoms with Crippen LogP contribution in [0.2, 0.25) is 0 Å². The highest BCUT2D eigenvalue weighted by Crippen LogP contribution is 2.30. The minimum Gasteiger partial charge on any atom is -0.390 e. The molecule has 0 radical (unpaired) electrons. The molecule has 2 atom stereocenters. The first kappa shape index (κ1) is 10.4. The van der Waals surface area contributed by atoms with E-state index in [-0.39, 0.29) is 12.2 Å². The molecule has 0 aromatic rings. The number of rotatable bonds is 2. The highest BCUT2D eigenvalue weighted by molar-refractivity contribution is 4.84. The third kappa shape index (κ3) is 2.27. The molecule has 1 aliphatic carbocycles. The largest absolute Gasteiger partial charge is 0.390 e. The van der Waals surface area contributed by atoms with Crippen LogP contribution in [0.15, 0.2) is 0 Å². The predicted octanol–water partition coefficient (Wildman–Crippen LogP) is 0.868. The van der Waals surface area contributed by atoms with Gasteiger partial charge in [0.2, 0.25) is 0 Å². The van der Waals surface area contributed by atoms with E-state index in [9.17, 15) is 5.11 Å². The number of morpholine rings is 1. The van der Waals surface area contributed by atoms with Crippen LogP contribution in [0.1, 0.15) is 25.7 Å². The van der Waals surface area contributed by atoms with Gasteiger partial charge in [0.25, 0.3) is 0 Å². The lowest BCUT2D eigenvalue weighted by Crippen LogP contribution is -2.48. The van der Waals surface area contributed by atoms with Crippen LogP contribution < -0.4 is 0 Å². The van der Waals surface area contributed by atoms with E-state index in [1.54, 1.807) is 0 Å². The standard InChI is InChI=1S/C11H21NO2/c1-12-6-7-14-10(8-12)11(13)9-4-2-3-5-9/h9-11,13H,2-8H2,1H3. The minimum atomic E-state index is -0.236. The molecule has 14 heavy (non-hydrogen) atoms. The zero-order valence-corrected chi connectivity index (χ0v) is 8.98. The second kappa shape index (κ2) is 4.60. The second-order valence-corrected chi connectivity index (χ2v) is 4.71. The zero-order valence-electron chi connectivity index (χ0n) is 8.98. The average molecular weight is 199 g/mol. The summed E-state index contributed by atoms with van der Waals surface area (Å²) in [5, 5.41) is 10.1. The van der Waals surface area contributed by atoms with Gasteiger partial charge in [-0.05, 0) is 25.8 Å². The van der Waals surface area contributed by atoms with Crippen LogP contribution in [-0.4, -0.2) is 49.0 Å². The van der Waals surface area contributed by atoms with Crippen molar-refractivity contribution >= 4 is 0 Å². The molecule has 2 aliphatic rings. The molecule has 1 saturated carbocycles. The van der Waals surface area contributed by atoms with Crippen LogP contribution in [-0.2, 0) is 4.74 Å². The zero-order chi connectivity index (χ0) is 9.97. The van der Waals surface area contributed by atoms with Gasteiger partial charge in [0.1, 0.15) is 0 Å². The van der Waals surface area contributed by atoms with Gasteiger partial charge < -0.3 is 14.7 Å². The Morgan fingerprint density at radius 3 is 2.71 bits per heavy atom. The number of aliphatic hydroxyl groups is 1. The Morgan fingerprint density at radius 2 is 2.07 bits per heavy atom. The minimum absolute atomic E-state index is 0.0526. The van der Waals surface area contributed by atoms with Gasteiger partial charge in [0.15, 0.2) is 0 Å². The SMILES string of the molecule is CN1CCOC(C(O)C2CCCC2)C1. The van der Waals surface area contributed by atoms with Crippen molar-refractivity contribution in [2.75, 3.05) is 26.7 Å². The molecule has 2 unspecified atom stereocenters. The Kier molecular flexibility index (Phi) is 3.42. The summed E-state index contributed by atoms with van der Waals surface area (Å²) in [6, 6.07) is 0. The molecule has 1 heterocycles. The molecule has 0 aromatic carbocycles. The van der Waals surface area contributed by atoms with E-state index in [0.717, 1.165) is 19.7 Å². The van der Waals surface area contributed by atoms with Gasteiger partial charge in [0, 0.05) is 13.1 Å². The lowest BCUT2D eigenvalue weighted by Gasteiger charge is -2.35. The van der Waals surface area contributed by atoms with Gasteiger partial charge in [-0.25, -0.2) is 0 Å². The molecule has 82 valence electrons. The van der Waals surface area contributed by atoms with E-state index >= 15 is 0 Å². The smallest absolute Gasteiger partial charge is 0.0963 e. The summed E-state index contributed by atoms with van der Waals surface area (Å²) < 4.78 is 5.63. The van der Waals surface area contributed by atoms with Crippen LogP contribution in [0.25, 0.3) is 0 Å². The maximum Gasteiger partial charge on any atom is 0.0963 e. The maximum absolute atomic E-state index is 10.1. The predicted molar refractivity (Wildman–Crippen MR) is 55.2 cm³/mol. The summed E-state index contributed by atoms with van der Waals surface area (Å²) in [5.74, 6) is 0.492. The quantitative estimate of drug-likeness (QED) is 0.716.